The Morgan fingerprint density at radius 3 is 1.96 bits per heavy atom. The Bertz CT molecular complexity index is 836. The van der Waals surface area contributed by atoms with E-state index in [0.717, 1.165) is 27.6 Å². The zero-order chi connectivity index (χ0) is 18.0. The van der Waals surface area contributed by atoms with E-state index in [9.17, 15) is 4.79 Å². The number of nitrogens with one attached hydrogen (secondary N) is 1. The zero-order valence-electron chi connectivity index (χ0n) is 15.4. The molecule has 0 saturated heterocycles. The molecule has 1 N–H and O–H groups in total. The average molecular weight is 321 g/mol. The first-order chi connectivity index (χ1) is 11.2. The van der Waals surface area contributed by atoms with Gasteiger partial charge in [0.2, 0.25) is 0 Å². The first-order valence-corrected chi connectivity index (χ1v) is 8.45. The summed E-state index contributed by atoms with van der Waals surface area (Å²) in [5.74, 6) is 0.541. The van der Waals surface area contributed by atoms with Gasteiger partial charge in [-0.25, -0.2) is 0 Å². The summed E-state index contributed by atoms with van der Waals surface area (Å²) in [6.45, 7) is 18.6. The number of benzene rings is 2. The maximum absolute atomic E-state index is 12.9. The molecule has 0 radical (unpaired) electrons. The highest BCUT2D eigenvalue weighted by atomic mass is 16.1. The minimum Gasteiger partial charge on any atom is -0.321 e. The van der Waals surface area contributed by atoms with Gasteiger partial charge in [0.15, 0.2) is 0 Å². The molecule has 2 heteroatoms. The molecule has 126 valence electrons. The van der Waals surface area contributed by atoms with Crippen LogP contribution in [0, 0.1) is 6.92 Å². The lowest BCUT2D eigenvalue weighted by Gasteiger charge is -2.20. The van der Waals surface area contributed by atoms with Crippen molar-refractivity contribution in [2.45, 2.75) is 46.5 Å². The van der Waals surface area contributed by atoms with Gasteiger partial charge >= 0.3 is 0 Å². The number of rotatable bonds is 4. The van der Waals surface area contributed by atoms with Crippen molar-refractivity contribution in [2.75, 3.05) is 5.32 Å². The summed E-state index contributed by atoms with van der Waals surface area (Å²) in [7, 11) is 0. The zero-order valence-corrected chi connectivity index (χ0v) is 15.4. The van der Waals surface area contributed by atoms with Crippen molar-refractivity contribution in [2.24, 2.45) is 0 Å². The quantitative estimate of drug-likeness (QED) is 0.893. The van der Waals surface area contributed by atoms with E-state index in [1.165, 1.54) is 0 Å². The largest absolute Gasteiger partial charge is 0.321 e. The normalized spacial score (nSPS) is 11.1. The van der Waals surface area contributed by atoms with Gasteiger partial charge in [-0.3, -0.25) is 4.79 Å². The SMILES string of the molecule is C=c1c(C)ccc(C(=O)Nc2c(C(C)C)cccc2C(C)C)c1=C. The molecule has 0 aromatic heterocycles. The van der Waals surface area contributed by atoms with Gasteiger partial charge in [0, 0.05) is 11.3 Å². The van der Waals surface area contributed by atoms with Crippen LogP contribution in [0.3, 0.4) is 0 Å². The van der Waals surface area contributed by atoms with Crippen LogP contribution in [-0.2, 0) is 0 Å². The number of hydrogen-bond donors (Lipinski definition) is 1. The van der Waals surface area contributed by atoms with Crippen LogP contribution in [0.5, 0.6) is 0 Å². The van der Waals surface area contributed by atoms with Gasteiger partial charge in [0.25, 0.3) is 5.91 Å². The minimum atomic E-state index is -0.125. The van der Waals surface area contributed by atoms with E-state index in [1.807, 2.05) is 19.1 Å². The van der Waals surface area contributed by atoms with E-state index in [-0.39, 0.29) is 5.91 Å². The first kappa shape index (κ1) is 18.0. The van der Waals surface area contributed by atoms with E-state index in [4.69, 9.17) is 0 Å². The second kappa shape index (κ2) is 7.04. The molecule has 0 aliphatic rings. The molecule has 2 nitrogen and oxygen atoms in total. The van der Waals surface area contributed by atoms with E-state index < -0.39 is 0 Å². The fourth-order valence-corrected chi connectivity index (χ4v) is 2.90. The molecule has 0 spiro atoms. The predicted molar refractivity (Wildman–Crippen MR) is 104 cm³/mol. The lowest BCUT2D eigenvalue weighted by molar-refractivity contribution is 0.102. The second-order valence-electron chi connectivity index (χ2n) is 6.96. The lowest BCUT2D eigenvalue weighted by atomic mass is 9.92. The molecule has 0 aliphatic carbocycles. The average Bonchev–Trinajstić information content (AvgIpc) is 2.52. The van der Waals surface area contributed by atoms with E-state index in [0.29, 0.717) is 22.6 Å². The third-order valence-corrected chi connectivity index (χ3v) is 4.52. The number of para-hydroxylation sites is 1. The molecule has 2 aromatic rings. The summed E-state index contributed by atoms with van der Waals surface area (Å²) >= 11 is 0. The van der Waals surface area contributed by atoms with Crippen LogP contribution in [0.15, 0.2) is 30.3 Å². The van der Waals surface area contributed by atoms with Crippen LogP contribution in [0.1, 0.15) is 66.6 Å². The molecule has 0 saturated carbocycles. The summed E-state index contributed by atoms with van der Waals surface area (Å²) in [6, 6.07) is 9.98. The van der Waals surface area contributed by atoms with E-state index in [2.05, 4.69) is 64.4 Å². The van der Waals surface area contributed by atoms with Crippen molar-refractivity contribution in [1.82, 2.24) is 0 Å². The summed E-state index contributed by atoms with van der Waals surface area (Å²) in [5, 5.41) is 4.66. The van der Waals surface area contributed by atoms with Gasteiger partial charge in [-0.1, -0.05) is 65.1 Å². The van der Waals surface area contributed by atoms with Gasteiger partial charge in [-0.15, -0.1) is 0 Å². The van der Waals surface area contributed by atoms with Crippen LogP contribution in [0.2, 0.25) is 0 Å². The topological polar surface area (TPSA) is 29.1 Å². The number of carbonyl (C=O) groups is 1. The Balaban J connectivity index is 2.52. The van der Waals surface area contributed by atoms with Gasteiger partial charge in [-0.05, 0) is 52.0 Å². The Morgan fingerprint density at radius 2 is 1.46 bits per heavy atom. The highest BCUT2D eigenvalue weighted by Crippen LogP contribution is 2.32. The van der Waals surface area contributed by atoms with Crippen LogP contribution >= 0.6 is 0 Å². The van der Waals surface area contributed by atoms with Crippen molar-refractivity contribution in [3.63, 3.8) is 0 Å². The Kier molecular flexibility index (Phi) is 5.28. The molecule has 2 rings (SSSR count). The van der Waals surface area contributed by atoms with Crippen molar-refractivity contribution >= 4 is 24.8 Å². The standard InChI is InChI=1S/C22H27NO/c1-13(2)18-9-8-10-19(14(3)4)21(18)23-22(24)20-12-11-15(5)16(6)17(20)7/h8-14H,6-7H2,1-5H3,(H,23,24). The molecule has 2 aromatic carbocycles. The fraction of sp³-hybridized carbons (Fsp3) is 0.318. The van der Waals surface area contributed by atoms with Gasteiger partial charge in [0.05, 0.1) is 0 Å². The molecule has 1 amide bonds. The lowest BCUT2D eigenvalue weighted by Crippen LogP contribution is -2.33. The monoisotopic (exact) mass is 321 g/mol. The van der Waals surface area contributed by atoms with Crippen molar-refractivity contribution < 1.29 is 4.79 Å². The number of amides is 1. The van der Waals surface area contributed by atoms with Crippen LogP contribution in [0.25, 0.3) is 13.2 Å². The van der Waals surface area contributed by atoms with Gasteiger partial charge < -0.3 is 5.32 Å². The molecule has 0 atom stereocenters. The molecular formula is C22H27NO. The summed E-state index contributed by atoms with van der Waals surface area (Å²) < 4.78 is 0. The maximum Gasteiger partial charge on any atom is 0.256 e. The van der Waals surface area contributed by atoms with Gasteiger partial charge in [0.1, 0.15) is 0 Å². The first-order valence-electron chi connectivity index (χ1n) is 8.45. The highest BCUT2D eigenvalue weighted by Gasteiger charge is 2.17. The third kappa shape index (κ3) is 3.43. The predicted octanol–water partition coefficient (Wildman–Crippen LogP) is 4.31. The Labute approximate surface area is 144 Å². The molecule has 0 unspecified atom stereocenters. The van der Waals surface area contributed by atoms with Crippen molar-refractivity contribution in [1.29, 1.82) is 0 Å². The Hall–Kier alpha value is -2.35. The molecule has 0 fully saturated rings. The summed E-state index contributed by atoms with van der Waals surface area (Å²) in [6.07, 6.45) is 0. The number of aryl methyl sites for hydroxylation is 1. The summed E-state index contributed by atoms with van der Waals surface area (Å²) in [4.78, 5) is 12.9. The van der Waals surface area contributed by atoms with E-state index >= 15 is 0 Å². The third-order valence-electron chi connectivity index (χ3n) is 4.52. The molecule has 24 heavy (non-hydrogen) atoms. The van der Waals surface area contributed by atoms with Crippen molar-refractivity contribution in [3.05, 3.63) is 63.0 Å². The molecular weight excluding hydrogens is 294 g/mol. The smallest absolute Gasteiger partial charge is 0.256 e. The molecule has 0 heterocycles. The summed E-state index contributed by atoms with van der Waals surface area (Å²) in [5.41, 5.74) is 4.86. The van der Waals surface area contributed by atoms with E-state index in [1.54, 1.807) is 0 Å². The minimum absolute atomic E-state index is 0.125. The highest BCUT2D eigenvalue weighted by molar-refractivity contribution is 6.05. The van der Waals surface area contributed by atoms with Gasteiger partial charge in [-0.2, -0.15) is 0 Å². The molecule has 0 aliphatic heterocycles. The number of hydrogen-bond acceptors (Lipinski definition) is 1. The van der Waals surface area contributed by atoms with Crippen LogP contribution in [-0.4, -0.2) is 5.91 Å². The van der Waals surface area contributed by atoms with Crippen LogP contribution in [0.4, 0.5) is 5.69 Å². The number of carbonyl (C=O) groups excluding carboxylic acids is 1. The number of anilines is 1. The second-order valence-corrected chi connectivity index (χ2v) is 6.96. The van der Waals surface area contributed by atoms with Crippen LogP contribution < -0.4 is 15.8 Å². The van der Waals surface area contributed by atoms with Crippen molar-refractivity contribution in [3.8, 4) is 0 Å². The fourth-order valence-electron chi connectivity index (χ4n) is 2.90. The maximum atomic E-state index is 12.9. The molecule has 0 bridgehead atoms. The Morgan fingerprint density at radius 1 is 0.917 bits per heavy atom.